The monoisotopic (exact) mass is 418 g/mol. The highest BCUT2D eigenvalue weighted by Gasteiger charge is 2.12. The summed E-state index contributed by atoms with van der Waals surface area (Å²) < 4.78 is 6.86. The molecule has 104 valence electrons. The van der Waals surface area contributed by atoms with Crippen LogP contribution in [0.4, 0.5) is 0 Å². The van der Waals surface area contributed by atoms with Crippen molar-refractivity contribution >= 4 is 49.4 Å². The van der Waals surface area contributed by atoms with E-state index in [1.807, 2.05) is 12.1 Å². The molecule has 0 unspecified atom stereocenters. The third-order valence-corrected chi connectivity index (χ3v) is 3.97. The molecule has 2 aromatic carbocycles. The van der Waals surface area contributed by atoms with Gasteiger partial charge in [0.2, 0.25) is 0 Å². The number of hydrogen-bond acceptors (Lipinski definition) is 2. The molecule has 0 saturated heterocycles. The fourth-order valence-electron chi connectivity index (χ4n) is 1.56. The van der Waals surface area contributed by atoms with Crippen LogP contribution in [0.3, 0.4) is 0 Å². The smallest absolute Gasteiger partial charge is 0.335 e. The molecule has 0 heterocycles. The van der Waals surface area contributed by atoms with E-state index < -0.39 is 5.97 Å². The molecule has 0 aromatic heterocycles. The van der Waals surface area contributed by atoms with Crippen molar-refractivity contribution in [2.24, 2.45) is 0 Å². The third kappa shape index (κ3) is 3.75. The van der Waals surface area contributed by atoms with Crippen LogP contribution in [0.5, 0.6) is 5.75 Å². The van der Waals surface area contributed by atoms with Gasteiger partial charge in [0.25, 0.3) is 0 Å². The van der Waals surface area contributed by atoms with Crippen LogP contribution in [0.25, 0.3) is 0 Å². The predicted octanol–water partition coefficient (Wildman–Crippen LogP) is 5.14. The van der Waals surface area contributed by atoms with Crippen LogP contribution >= 0.6 is 43.5 Å². The molecule has 0 fully saturated rings. The molecule has 0 bridgehead atoms. The average Bonchev–Trinajstić information content (AvgIpc) is 2.39. The van der Waals surface area contributed by atoms with Crippen molar-refractivity contribution in [2.45, 2.75) is 6.61 Å². The number of carbonyl (C=O) groups is 1. The lowest BCUT2D eigenvalue weighted by molar-refractivity contribution is 0.0696. The first-order valence-electron chi connectivity index (χ1n) is 5.57. The summed E-state index contributed by atoms with van der Waals surface area (Å²) in [6.07, 6.45) is 0. The molecule has 20 heavy (non-hydrogen) atoms. The summed E-state index contributed by atoms with van der Waals surface area (Å²) >= 11 is 12.4. The standard InChI is InChI=1S/C14H9Br2ClO3/c15-11-5-9(14(18)19)6-12(16)13(11)20-7-8-1-3-10(17)4-2-8/h1-6H,7H2,(H,18,19). The zero-order valence-electron chi connectivity index (χ0n) is 10.1. The van der Waals surface area contributed by atoms with Gasteiger partial charge in [-0.25, -0.2) is 4.79 Å². The maximum atomic E-state index is 10.9. The van der Waals surface area contributed by atoms with Gasteiger partial charge < -0.3 is 9.84 Å². The van der Waals surface area contributed by atoms with Gasteiger partial charge in [-0.05, 0) is 61.7 Å². The van der Waals surface area contributed by atoms with Gasteiger partial charge in [0.15, 0.2) is 0 Å². The van der Waals surface area contributed by atoms with Gasteiger partial charge in [-0.15, -0.1) is 0 Å². The Hall–Kier alpha value is -1.04. The van der Waals surface area contributed by atoms with Crippen LogP contribution in [-0.4, -0.2) is 11.1 Å². The Morgan fingerprint density at radius 2 is 1.70 bits per heavy atom. The summed E-state index contributed by atoms with van der Waals surface area (Å²) in [5.74, 6) is -0.430. The summed E-state index contributed by atoms with van der Waals surface area (Å²) in [5.41, 5.74) is 1.15. The van der Waals surface area contributed by atoms with Gasteiger partial charge in [-0.3, -0.25) is 0 Å². The van der Waals surface area contributed by atoms with E-state index in [0.29, 0.717) is 26.3 Å². The van der Waals surface area contributed by atoms with Gasteiger partial charge in [0.1, 0.15) is 12.4 Å². The van der Waals surface area contributed by atoms with E-state index in [9.17, 15) is 4.79 Å². The lowest BCUT2D eigenvalue weighted by atomic mass is 10.2. The Labute approximate surface area is 137 Å². The Bertz CT molecular complexity index is 618. The van der Waals surface area contributed by atoms with Crippen molar-refractivity contribution in [3.8, 4) is 5.75 Å². The fourth-order valence-corrected chi connectivity index (χ4v) is 3.10. The topological polar surface area (TPSA) is 46.5 Å². The molecular weight excluding hydrogens is 411 g/mol. The number of carboxylic acids is 1. The minimum atomic E-state index is -0.990. The molecule has 0 aliphatic heterocycles. The predicted molar refractivity (Wildman–Crippen MR) is 84.6 cm³/mol. The molecular formula is C14H9Br2ClO3. The maximum Gasteiger partial charge on any atom is 0.335 e. The van der Waals surface area contributed by atoms with E-state index >= 15 is 0 Å². The Kier molecular flexibility index (Phi) is 5.07. The van der Waals surface area contributed by atoms with Gasteiger partial charge in [-0.1, -0.05) is 23.7 Å². The molecule has 3 nitrogen and oxygen atoms in total. The van der Waals surface area contributed by atoms with Crippen molar-refractivity contribution in [3.63, 3.8) is 0 Å². The SMILES string of the molecule is O=C(O)c1cc(Br)c(OCc2ccc(Cl)cc2)c(Br)c1. The molecule has 0 atom stereocenters. The molecule has 2 rings (SSSR count). The normalized spacial score (nSPS) is 10.3. The second-order valence-corrected chi connectivity index (χ2v) is 6.13. The number of aromatic carboxylic acids is 1. The lowest BCUT2D eigenvalue weighted by Crippen LogP contribution is -2.00. The summed E-state index contributed by atoms with van der Waals surface area (Å²) in [5, 5.41) is 9.63. The first-order valence-corrected chi connectivity index (χ1v) is 7.53. The molecule has 0 spiro atoms. The van der Waals surface area contributed by atoms with E-state index in [0.717, 1.165) is 5.56 Å². The number of rotatable bonds is 4. The molecule has 0 aliphatic rings. The van der Waals surface area contributed by atoms with Crippen LogP contribution in [0.2, 0.25) is 5.02 Å². The van der Waals surface area contributed by atoms with E-state index in [1.165, 1.54) is 12.1 Å². The highest BCUT2D eigenvalue weighted by atomic mass is 79.9. The average molecular weight is 420 g/mol. The Morgan fingerprint density at radius 1 is 1.15 bits per heavy atom. The van der Waals surface area contributed by atoms with E-state index in [1.54, 1.807) is 12.1 Å². The first-order chi connectivity index (χ1) is 9.47. The minimum Gasteiger partial charge on any atom is -0.487 e. The van der Waals surface area contributed by atoms with Crippen molar-refractivity contribution in [1.82, 2.24) is 0 Å². The summed E-state index contributed by atoms with van der Waals surface area (Å²) in [7, 11) is 0. The van der Waals surface area contributed by atoms with Crippen LogP contribution in [0.1, 0.15) is 15.9 Å². The zero-order chi connectivity index (χ0) is 14.7. The van der Waals surface area contributed by atoms with Crippen molar-refractivity contribution < 1.29 is 14.6 Å². The molecule has 2 aromatic rings. The lowest BCUT2D eigenvalue weighted by Gasteiger charge is -2.11. The van der Waals surface area contributed by atoms with Crippen molar-refractivity contribution in [3.05, 3.63) is 61.5 Å². The molecule has 1 N–H and O–H groups in total. The van der Waals surface area contributed by atoms with E-state index in [2.05, 4.69) is 31.9 Å². The largest absolute Gasteiger partial charge is 0.487 e. The molecule has 0 radical (unpaired) electrons. The van der Waals surface area contributed by atoms with Crippen LogP contribution < -0.4 is 4.74 Å². The van der Waals surface area contributed by atoms with Crippen molar-refractivity contribution in [2.75, 3.05) is 0 Å². The molecule has 0 saturated carbocycles. The van der Waals surface area contributed by atoms with Crippen molar-refractivity contribution in [1.29, 1.82) is 0 Å². The second kappa shape index (κ2) is 6.61. The molecule has 0 aliphatic carbocycles. The zero-order valence-corrected chi connectivity index (χ0v) is 14.0. The van der Waals surface area contributed by atoms with Crippen LogP contribution in [0, 0.1) is 0 Å². The van der Waals surface area contributed by atoms with E-state index in [-0.39, 0.29) is 5.56 Å². The summed E-state index contributed by atoms with van der Waals surface area (Å²) in [6, 6.07) is 10.3. The maximum absolute atomic E-state index is 10.9. The Morgan fingerprint density at radius 3 is 2.20 bits per heavy atom. The van der Waals surface area contributed by atoms with Crippen LogP contribution in [-0.2, 0) is 6.61 Å². The fraction of sp³-hybridized carbons (Fsp3) is 0.0714. The number of hydrogen-bond donors (Lipinski definition) is 1. The summed E-state index contributed by atoms with van der Waals surface area (Å²) in [6.45, 7) is 0.362. The van der Waals surface area contributed by atoms with Crippen LogP contribution in [0.15, 0.2) is 45.3 Å². The van der Waals surface area contributed by atoms with Gasteiger partial charge in [-0.2, -0.15) is 0 Å². The van der Waals surface area contributed by atoms with Gasteiger partial charge in [0, 0.05) is 5.02 Å². The minimum absolute atomic E-state index is 0.183. The van der Waals surface area contributed by atoms with Gasteiger partial charge >= 0.3 is 5.97 Å². The number of benzene rings is 2. The summed E-state index contributed by atoms with van der Waals surface area (Å²) in [4.78, 5) is 10.9. The third-order valence-electron chi connectivity index (χ3n) is 2.54. The molecule has 6 heteroatoms. The van der Waals surface area contributed by atoms with E-state index in [4.69, 9.17) is 21.4 Å². The number of halogens is 3. The highest BCUT2D eigenvalue weighted by molar-refractivity contribution is 9.11. The quantitative estimate of drug-likeness (QED) is 0.745. The second-order valence-electron chi connectivity index (χ2n) is 3.99. The number of carboxylic acid groups (broad SMARTS) is 1. The molecule has 0 amide bonds. The number of ether oxygens (including phenoxy) is 1. The van der Waals surface area contributed by atoms with Gasteiger partial charge in [0.05, 0.1) is 14.5 Å². The Balaban J connectivity index is 2.17. The highest BCUT2D eigenvalue weighted by Crippen LogP contribution is 2.35. The first kappa shape index (κ1) is 15.4.